The lowest BCUT2D eigenvalue weighted by Crippen LogP contribution is -2.25. The van der Waals surface area contributed by atoms with Gasteiger partial charge in [-0.2, -0.15) is 0 Å². The number of ether oxygens (including phenoxy) is 2. The monoisotopic (exact) mass is 305 g/mol. The number of rotatable bonds is 9. The molecule has 6 heteroatoms. The Kier molecular flexibility index (Phi) is 7.53. The summed E-state index contributed by atoms with van der Waals surface area (Å²) in [4.78, 5) is 0. The summed E-state index contributed by atoms with van der Waals surface area (Å²) in [6.45, 7) is 4.53. The van der Waals surface area contributed by atoms with Crippen LogP contribution in [0.1, 0.15) is 25.8 Å². The van der Waals surface area contributed by atoms with Crippen LogP contribution in [0.5, 0.6) is 5.75 Å². The zero-order chi connectivity index (χ0) is 15.7. The van der Waals surface area contributed by atoms with Crippen molar-refractivity contribution in [2.45, 2.75) is 39.1 Å². The molecule has 0 amide bonds. The van der Waals surface area contributed by atoms with E-state index in [0.717, 1.165) is 19.4 Å². The number of alkyl halides is 3. The molecule has 0 saturated carbocycles. The smallest absolute Gasteiger partial charge is 0.491 e. The molecule has 0 bridgehead atoms. The highest BCUT2D eigenvalue weighted by Gasteiger charge is 2.28. The van der Waals surface area contributed by atoms with Crippen molar-refractivity contribution >= 4 is 0 Å². The van der Waals surface area contributed by atoms with Gasteiger partial charge in [0.1, 0.15) is 12.4 Å². The molecule has 0 heterocycles. The first kappa shape index (κ1) is 17.8. The molecule has 3 nitrogen and oxygen atoms in total. The first-order chi connectivity index (χ1) is 9.90. The Morgan fingerprint density at radius 3 is 2.38 bits per heavy atom. The number of hydrogen-bond donors (Lipinski definition) is 1. The van der Waals surface area contributed by atoms with Gasteiger partial charge in [-0.15, -0.1) is 13.2 Å². The Morgan fingerprint density at radius 1 is 1.14 bits per heavy atom. The third-order valence-corrected chi connectivity index (χ3v) is 2.96. The van der Waals surface area contributed by atoms with E-state index < -0.39 is 13.0 Å². The summed E-state index contributed by atoms with van der Waals surface area (Å²) in [7, 11) is 0. The van der Waals surface area contributed by atoms with Crippen molar-refractivity contribution in [1.82, 2.24) is 5.32 Å². The zero-order valence-electron chi connectivity index (χ0n) is 12.4. The largest absolute Gasteiger partial charge is 0.522 e. The van der Waals surface area contributed by atoms with E-state index in [9.17, 15) is 13.2 Å². The van der Waals surface area contributed by atoms with E-state index in [0.29, 0.717) is 11.8 Å². The van der Waals surface area contributed by atoms with Gasteiger partial charge in [-0.05, 0) is 44.0 Å². The molecule has 0 aromatic heterocycles. The topological polar surface area (TPSA) is 30.5 Å². The minimum absolute atomic E-state index is 0.129. The highest BCUT2D eigenvalue weighted by atomic mass is 19.4. The van der Waals surface area contributed by atoms with Gasteiger partial charge in [0.25, 0.3) is 0 Å². The van der Waals surface area contributed by atoms with Gasteiger partial charge in [0.2, 0.25) is 0 Å². The average molecular weight is 305 g/mol. The molecule has 1 rings (SSSR count). The van der Waals surface area contributed by atoms with Crippen LogP contribution >= 0.6 is 0 Å². The van der Waals surface area contributed by atoms with Crippen LogP contribution in [0.25, 0.3) is 0 Å². The predicted octanol–water partition coefficient (Wildman–Crippen LogP) is 3.53. The van der Waals surface area contributed by atoms with Crippen molar-refractivity contribution in [2.75, 3.05) is 19.8 Å². The Labute approximate surface area is 123 Å². The van der Waals surface area contributed by atoms with Crippen LogP contribution in [0.2, 0.25) is 0 Å². The average Bonchev–Trinajstić information content (AvgIpc) is 2.42. The SMILES string of the molecule is CCNC(C)CCc1ccc(OCCOC(F)(F)F)cc1. The lowest BCUT2D eigenvalue weighted by molar-refractivity contribution is -0.325. The molecule has 0 aliphatic carbocycles. The summed E-state index contributed by atoms with van der Waals surface area (Å²) >= 11 is 0. The summed E-state index contributed by atoms with van der Waals surface area (Å²) < 4.78 is 44.1. The second-order valence-electron chi connectivity index (χ2n) is 4.78. The number of nitrogens with one attached hydrogen (secondary N) is 1. The maximum Gasteiger partial charge on any atom is 0.522 e. The highest BCUT2D eigenvalue weighted by Crippen LogP contribution is 2.17. The van der Waals surface area contributed by atoms with Gasteiger partial charge < -0.3 is 10.1 Å². The molecule has 0 fully saturated rings. The fourth-order valence-electron chi connectivity index (χ4n) is 1.90. The molecular formula is C15H22F3NO2. The van der Waals surface area contributed by atoms with Crippen LogP contribution in [0.4, 0.5) is 13.2 Å². The fourth-order valence-corrected chi connectivity index (χ4v) is 1.90. The number of benzene rings is 1. The molecule has 1 aromatic carbocycles. The summed E-state index contributed by atoms with van der Waals surface area (Å²) in [6, 6.07) is 7.85. The second kappa shape index (κ2) is 8.89. The van der Waals surface area contributed by atoms with E-state index in [1.807, 2.05) is 12.1 Å². The van der Waals surface area contributed by atoms with Crippen LogP contribution in [-0.2, 0) is 11.2 Å². The van der Waals surface area contributed by atoms with E-state index in [1.165, 1.54) is 5.56 Å². The van der Waals surface area contributed by atoms with Gasteiger partial charge in [-0.25, -0.2) is 0 Å². The molecule has 1 aromatic rings. The Morgan fingerprint density at radius 2 is 1.81 bits per heavy atom. The minimum atomic E-state index is -4.60. The summed E-state index contributed by atoms with van der Waals surface area (Å²) in [6.07, 6.45) is -2.62. The summed E-state index contributed by atoms with van der Waals surface area (Å²) in [5.41, 5.74) is 1.18. The quantitative estimate of drug-likeness (QED) is 0.708. The van der Waals surface area contributed by atoms with E-state index in [1.54, 1.807) is 12.1 Å². The molecule has 0 radical (unpaired) electrons. The van der Waals surface area contributed by atoms with E-state index in [4.69, 9.17) is 4.74 Å². The Hall–Kier alpha value is -1.27. The lowest BCUT2D eigenvalue weighted by Gasteiger charge is -2.12. The summed E-state index contributed by atoms with van der Waals surface area (Å²) in [5.74, 6) is 0.546. The lowest BCUT2D eigenvalue weighted by atomic mass is 10.1. The maximum absolute atomic E-state index is 11.8. The van der Waals surface area contributed by atoms with Crippen LogP contribution in [0.3, 0.4) is 0 Å². The van der Waals surface area contributed by atoms with Gasteiger partial charge in [-0.3, -0.25) is 4.74 Å². The van der Waals surface area contributed by atoms with Crippen molar-refractivity contribution in [3.63, 3.8) is 0 Å². The van der Waals surface area contributed by atoms with E-state index in [2.05, 4.69) is 23.9 Å². The fraction of sp³-hybridized carbons (Fsp3) is 0.600. The number of halogens is 3. The second-order valence-corrected chi connectivity index (χ2v) is 4.78. The molecule has 1 atom stereocenters. The highest BCUT2D eigenvalue weighted by molar-refractivity contribution is 5.27. The molecule has 0 aliphatic heterocycles. The first-order valence-electron chi connectivity index (χ1n) is 7.06. The zero-order valence-corrected chi connectivity index (χ0v) is 12.4. The molecular weight excluding hydrogens is 283 g/mol. The van der Waals surface area contributed by atoms with Crippen LogP contribution in [0.15, 0.2) is 24.3 Å². The first-order valence-corrected chi connectivity index (χ1v) is 7.06. The normalized spacial score (nSPS) is 13.2. The maximum atomic E-state index is 11.8. The van der Waals surface area contributed by atoms with Crippen molar-refractivity contribution in [3.8, 4) is 5.75 Å². The van der Waals surface area contributed by atoms with Crippen LogP contribution < -0.4 is 10.1 Å². The third-order valence-electron chi connectivity index (χ3n) is 2.96. The molecule has 0 aliphatic rings. The van der Waals surface area contributed by atoms with Crippen LogP contribution in [0, 0.1) is 0 Å². The molecule has 1 unspecified atom stereocenters. The summed E-state index contributed by atoms with van der Waals surface area (Å²) in [5, 5.41) is 3.34. The van der Waals surface area contributed by atoms with Gasteiger partial charge in [0.05, 0.1) is 6.61 Å². The number of aryl methyl sites for hydroxylation is 1. The van der Waals surface area contributed by atoms with Gasteiger partial charge in [-0.1, -0.05) is 19.1 Å². The van der Waals surface area contributed by atoms with E-state index in [-0.39, 0.29) is 6.61 Å². The van der Waals surface area contributed by atoms with E-state index >= 15 is 0 Å². The van der Waals surface area contributed by atoms with Crippen molar-refractivity contribution in [3.05, 3.63) is 29.8 Å². The van der Waals surface area contributed by atoms with Crippen molar-refractivity contribution in [1.29, 1.82) is 0 Å². The van der Waals surface area contributed by atoms with Crippen molar-refractivity contribution < 1.29 is 22.6 Å². The third kappa shape index (κ3) is 8.57. The van der Waals surface area contributed by atoms with Gasteiger partial charge >= 0.3 is 6.36 Å². The Bertz CT molecular complexity index is 393. The molecule has 0 saturated heterocycles. The molecule has 120 valence electrons. The van der Waals surface area contributed by atoms with Gasteiger partial charge in [0, 0.05) is 6.04 Å². The molecule has 21 heavy (non-hydrogen) atoms. The minimum Gasteiger partial charge on any atom is -0.491 e. The Balaban J connectivity index is 2.27. The van der Waals surface area contributed by atoms with Crippen molar-refractivity contribution in [2.24, 2.45) is 0 Å². The molecule has 1 N–H and O–H groups in total. The van der Waals surface area contributed by atoms with Gasteiger partial charge in [0.15, 0.2) is 0 Å². The molecule has 0 spiro atoms. The predicted molar refractivity (Wildman–Crippen MR) is 75.4 cm³/mol. The van der Waals surface area contributed by atoms with Crippen LogP contribution in [-0.4, -0.2) is 32.2 Å². The number of hydrogen-bond acceptors (Lipinski definition) is 3. The standard InChI is InChI=1S/C15H22F3NO2/c1-3-19-12(2)4-5-13-6-8-14(9-7-13)20-10-11-21-15(16,17)18/h6-9,12,19H,3-5,10-11H2,1-2H3.